The molecule has 0 atom stereocenters. The van der Waals surface area contributed by atoms with E-state index in [1.807, 2.05) is 0 Å². The number of alkyl halides is 3. The molecule has 6 nitrogen and oxygen atoms in total. The predicted molar refractivity (Wildman–Crippen MR) is 71.3 cm³/mol. The highest BCUT2D eigenvalue weighted by atomic mass is 35.5. The first-order chi connectivity index (χ1) is 10.6. The molecule has 2 heterocycles. The Labute approximate surface area is 130 Å². The van der Waals surface area contributed by atoms with E-state index in [1.54, 1.807) is 0 Å². The molecule has 0 aliphatic carbocycles. The van der Waals surface area contributed by atoms with Gasteiger partial charge in [-0.3, -0.25) is 9.36 Å². The molecule has 0 amide bonds. The second-order valence-corrected chi connectivity index (χ2v) is 4.62. The molecular weight excluding hydrogens is 344 g/mol. The van der Waals surface area contributed by atoms with E-state index in [0.29, 0.717) is 6.07 Å². The summed E-state index contributed by atoms with van der Waals surface area (Å²) in [5, 5.41) is -0.495. The topological polar surface area (TPSA) is 61.2 Å². The van der Waals surface area contributed by atoms with Gasteiger partial charge in [0.15, 0.2) is 11.6 Å². The molecule has 0 saturated heterocycles. The highest BCUT2D eigenvalue weighted by molar-refractivity contribution is 6.32. The fourth-order valence-electron chi connectivity index (χ4n) is 1.78. The average molecular weight is 349 g/mol. The smallest absolute Gasteiger partial charge is 0.292 e. The van der Waals surface area contributed by atoms with Crippen molar-refractivity contribution in [2.75, 3.05) is 0 Å². The molecule has 0 aromatic carbocycles. The van der Waals surface area contributed by atoms with Crippen LogP contribution in [-0.4, -0.2) is 14.1 Å². The monoisotopic (exact) mass is 348 g/mol. The number of rotatable bonds is 1. The molecule has 0 fully saturated rings. The Balaban J connectivity index is 2.85. The lowest BCUT2D eigenvalue weighted by molar-refractivity contribution is -0.144. The number of halogens is 5. The van der Waals surface area contributed by atoms with Crippen LogP contribution in [-0.2, 0) is 13.2 Å². The van der Waals surface area contributed by atoms with Crippen LogP contribution in [0.5, 0.6) is 0 Å². The third kappa shape index (κ3) is 2.83. The lowest BCUT2D eigenvalue weighted by Gasteiger charge is -2.14. The van der Waals surface area contributed by atoms with E-state index in [1.165, 1.54) is 0 Å². The molecule has 0 aliphatic rings. The van der Waals surface area contributed by atoms with Crippen molar-refractivity contribution >= 4 is 17.3 Å². The van der Waals surface area contributed by atoms with Crippen LogP contribution >= 0.6 is 11.6 Å². The molecular formula is C12H5ClF4N4O2. The zero-order valence-corrected chi connectivity index (χ0v) is 11.9. The van der Waals surface area contributed by atoms with Crippen molar-refractivity contribution in [3.05, 3.63) is 61.1 Å². The van der Waals surface area contributed by atoms with Gasteiger partial charge in [-0.05, 0) is 6.07 Å². The Hall–Kier alpha value is -2.67. The largest absolute Gasteiger partial charge is 0.431 e. The standard InChI is InChI=1S/C12H5ClF4N4O2/c1-18-6-3-5(14)10(19-9(6)13)21-8(22)4-7(12(15,16)17)20(2)11(21)23/h3-4H,2H3. The second kappa shape index (κ2) is 5.51. The van der Waals surface area contributed by atoms with Crippen molar-refractivity contribution in [3.63, 3.8) is 0 Å². The predicted octanol–water partition coefficient (Wildman–Crippen LogP) is 2.29. The normalized spacial score (nSPS) is 11.3. The van der Waals surface area contributed by atoms with E-state index in [0.717, 1.165) is 7.05 Å². The molecule has 2 aromatic heterocycles. The Morgan fingerprint density at radius 2 is 1.91 bits per heavy atom. The SMILES string of the molecule is [C-]#[N+]c1cc(F)c(-n2c(=O)cc(C(F)(F)F)n(C)c2=O)nc1Cl. The minimum Gasteiger partial charge on any atom is -0.292 e. The summed E-state index contributed by atoms with van der Waals surface area (Å²) in [5.41, 5.74) is -4.75. The first-order valence-corrected chi connectivity index (χ1v) is 6.10. The maximum atomic E-state index is 13.9. The first-order valence-electron chi connectivity index (χ1n) is 5.72. The Morgan fingerprint density at radius 3 is 2.43 bits per heavy atom. The second-order valence-electron chi connectivity index (χ2n) is 4.26. The zero-order chi connectivity index (χ0) is 17.5. The molecule has 0 bridgehead atoms. The zero-order valence-electron chi connectivity index (χ0n) is 11.1. The average Bonchev–Trinajstić information content (AvgIpc) is 2.45. The fraction of sp³-hybridized carbons (Fsp3) is 0.167. The molecule has 0 spiro atoms. The molecule has 0 N–H and O–H groups in total. The summed E-state index contributed by atoms with van der Waals surface area (Å²) < 4.78 is 52.4. The van der Waals surface area contributed by atoms with Crippen molar-refractivity contribution in [1.29, 1.82) is 0 Å². The van der Waals surface area contributed by atoms with E-state index in [9.17, 15) is 27.2 Å². The summed E-state index contributed by atoms with van der Waals surface area (Å²) in [4.78, 5) is 30.1. The van der Waals surface area contributed by atoms with Crippen molar-refractivity contribution in [2.24, 2.45) is 7.05 Å². The Bertz CT molecular complexity index is 956. The number of pyridine rings is 1. The van der Waals surface area contributed by atoms with Crippen molar-refractivity contribution < 1.29 is 17.6 Å². The summed E-state index contributed by atoms with van der Waals surface area (Å²) in [7, 11) is 0.772. The summed E-state index contributed by atoms with van der Waals surface area (Å²) >= 11 is 5.60. The highest BCUT2D eigenvalue weighted by Gasteiger charge is 2.35. The molecule has 2 rings (SSSR count). The molecule has 120 valence electrons. The third-order valence-corrected chi connectivity index (χ3v) is 3.11. The third-order valence-electron chi connectivity index (χ3n) is 2.84. The maximum Gasteiger partial charge on any atom is 0.431 e. The summed E-state index contributed by atoms with van der Waals surface area (Å²) in [5.74, 6) is -2.14. The Kier molecular flexibility index (Phi) is 4.00. The van der Waals surface area contributed by atoms with Crippen LogP contribution in [0.2, 0.25) is 5.15 Å². The molecule has 0 saturated carbocycles. The first kappa shape index (κ1) is 16.7. The van der Waals surface area contributed by atoms with Gasteiger partial charge in [-0.25, -0.2) is 23.6 Å². The number of hydrogen-bond acceptors (Lipinski definition) is 3. The van der Waals surface area contributed by atoms with E-state index in [4.69, 9.17) is 18.2 Å². The number of nitrogens with zero attached hydrogens (tertiary/aromatic N) is 4. The Morgan fingerprint density at radius 1 is 1.30 bits per heavy atom. The highest BCUT2D eigenvalue weighted by Crippen LogP contribution is 2.28. The van der Waals surface area contributed by atoms with Crippen molar-refractivity contribution in [2.45, 2.75) is 6.18 Å². The molecule has 11 heteroatoms. The van der Waals surface area contributed by atoms with E-state index in [2.05, 4.69) is 9.83 Å². The van der Waals surface area contributed by atoms with Gasteiger partial charge in [0, 0.05) is 13.1 Å². The summed E-state index contributed by atoms with van der Waals surface area (Å²) in [6, 6.07) is 0.764. The van der Waals surface area contributed by atoms with Crippen LogP contribution in [0.3, 0.4) is 0 Å². The van der Waals surface area contributed by atoms with E-state index < -0.39 is 39.9 Å². The van der Waals surface area contributed by atoms with Gasteiger partial charge in [-0.2, -0.15) is 13.2 Å². The van der Waals surface area contributed by atoms with Crippen molar-refractivity contribution in [1.82, 2.24) is 14.1 Å². The van der Waals surface area contributed by atoms with Gasteiger partial charge in [-0.1, -0.05) is 11.6 Å². The minimum atomic E-state index is -4.94. The van der Waals surface area contributed by atoms with Crippen molar-refractivity contribution in [3.8, 4) is 5.82 Å². The molecule has 2 aromatic rings. The van der Waals surface area contributed by atoms with E-state index >= 15 is 0 Å². The van der Waals surface area contributed by atoms with Crippen LogP contribution in [0.1, 0.15) is 5.69 Å². The van der Waals surface area contributed by atoms with Gasteiger partial charge in [-0.15, -0.1) is 0 Å². The molecule has 0 radical (unpaired) electrons. The lowest BCUT2D eigenvalue weighted by Crippen LogP contribution is -2.41. The molecule has 0 unspecified atom stereocenters. The van der Waals surface area contributed by atoms with Gasteiger partial charge in [0.05, 0.1) is 6.57 Å². The van der Waals surface area contributed by atoms with Gasteiger partial charge in [0.1, 0.15) is 10.8 Å². The molecule has 0 aliphatic heterocycles. The van der Waals surface area contributed by atoms with Crippen LogP contribution in [0.15, 0.2) is 21.7 Å². The summed E-state index contributed by atoms with van der Waals surface area (Å²) in [6.45, 7) is 6.75. The maximum absolute atomic E-state index is 13.9. The van der Waals surface area contributed by atoms with Gasteiger partial charge >= 0.3 is 11.9 Å². The minimum absolute atomic E-state index is 0.101. The number of hydrogen-bond donors (Lipinski definition) is 0. The lowest BCUT2D eigenvalue weighted by atomic mass is 10.3. The molecule has 23 heavy (non-hydrogen) atoms. The van der Waals surface area contributed by atoms with Gasteiger partial charge in [0.2, 0.25) is 5.69 Å². The summed E-state index contributed by atoms with van der Waals surface area (Å²) in [6.07, 6.45) is -4.94. The fourth-order valence-corrected chi connectivity index (χ4v) is 1.95. The van der Waals surface area contributed by atoms with Gasteiger partial charge in [0.25, 0.3) is 5.56 Å². The van der Waals surface area contributed by atoms with E-state index in [-0.39, 0.29) is 20.9 Å². The van der Waals surface area contributed by atoms with Gasteiger partial charge < -0.3 is 0 Å². The quantitative estimate of drug-likeness (QED) is 0.451. The van der Waals surface area contributed by atoms with Crippen LogP contribution in [0, 0.1) is 12.4 Å². The number of aromatic nitrogens is 3. The van der Waals surface area contributed by atoms with Crippen LogP contribution in [0.25, 0.3) is 10.7 Å². The van der Waals surface area contributed by atoms with Crippen LogP contribution in [0.4, 0.5) is 23.2 Å². The van der Waals surface area contributed by atoms with Crippen LogP contribution < -0.4 is 11.2 Å².